The maximum absolute atomic E-state index is 12.2. The molecule has 0 saturated carbocycles. The SMILES string of the molecule is CCCCOC(=O)c1ccc(NC(=O)CCSc2c(=O)o[nH][n+]2-c2ccccc2)cc1. The Morgan fingerprint density at radius 3 is 2.58 bits per heavy atom. The first-order chi connectivity index (χ1) is 15.1. The number of hydrogen-bond donors (Lipinski definition) is 2. The number of H-pyrrole nitrogens is 1. The minimum absolute atomic E-state index is 0.197. The second-order valence-corrected chi connectivity index (χ2v) is 7.75. The topological polar surface area (TPSA) is 105 Å². The average molecular weight is 443 g/mol. The smallest absolute Gasteiger partial charge is 0.442 e. The Morgan fingerprint density at radius 1 is 1.13 bits per heavy atom. The van der Waals surface area contributed by atoms with E-state index in [2.05, 4.69) is 10.6 Å². The molecule has 1 amide bonds. The van der Waals surface area contributed by atoms with Crippen molar-refractivity contribution in [3.8, 4) is 5.69 Å². The molecule has 9 heteroatoms. The molecule has 3 rings (SSSR count). The molecule has 0 unspecified atom stereocenters. The van der Waals surface area contributed by atoms with Crippen LogP contribution < -0.4 is 15.6 Å². The number of rotatable bonds is 10. The van der Waals surface area contributed by atoms with Gasteiger partial charge in [-0.05, 0) is 52.4 Å². The summed E-state index contributed by atoms with van der Waals surface area (Å²) in [7, 11) is 0. The van der Waals surface area contributed by atoms with E-state index in [1.54, 1.807) is 28.9 Å². The summed E-state index contributed by atoms with van der Waals surface area (Å²) in [6.07, 6.45) is 1.98. The van der Waals surface area contributed by atoms with Crippen molar-refractivity contribution in [3.63, 3.8) is 0 Å². The first-order valence-electron chi connectivity index (χ1n) is 9.97. The summed E-state index contributed by atoms with van der Waals surface area (Å²) >= 11 is 1.23. The van der Waals surface area contributed by atoms with Gasteiger partial charge in [-0.2, -0.15) is 0 Å². The third kappa shape index (κ3) is 6.32. The second kappa shape index (κ2) is 11.2. The molecular weight excluding hydrogens is 418 g/mol. The summed E-state index contributed by atoms with van der Waals surface area (Å²) in [5, 5.41) is 5.72. The Bertz CT molecular complexity index is 1060. The molecule has 0 aliphatic heterocycles. The van der Waals surface area contributed by atoms with E-state index in [1.165, 1.54) is 11.8 Å². The molecule has 0 radical (unpaired) electrons. The van der Waals surface area contributed by atoms with Gasteiger partial charge in [-0.3, -0.25) is 9.32 Å². The van der Waals surface area contributed by atoms with Gasteiger partial charge in [-0.1, -0.05) is 31.5 Å². The van der Waals surface area contributed by atoms with Crippen LogP contribution in [0.25, 0.3) is 5.69 Å². The van der Waals surface area contributed by atoms with Crippen LogP contribution >= 0.6 is 11.8 Å². The molecule has 1 heterocycles. The first kappa shape index (κ1) is 22.4. The van der Waals surface area contributed by atoms with Crippen molar-refractivity contribution in [2.45, 2.75) is 31.2 Å². The molecule has 0 saturated heterocycles. The van der Waals surface area contributed by atoms with E-state index in [0.717, 1.165) is 18.5 Å². The fraction of sp³-hybridized carbons (Fsp3) is 0.273. The Morgan fingerprint density at radius 2 is 1.87 bits per heavy atom. The van der Waals surface area contributed by atoms with Crippen LogP contribution in [0.5, 0.6) is 0 Å². The largest absolute Gasteiger partial charge is 0.462 e. The maximum Gasteiger partial charge on any atom is 0.442 e. The van der Waals surface area contributed by atoms with E-state index in [9.17, 15) is 14.4 Å². The highest BCUT2D eigenvalue weighted by Gasteiger charge is 2.23. The van der Waals surface area contributed by atoms with Crippen LogP contribution in [0, 0.1) is 0 Å². The lowest BCUT2D eigenvalue weighted by Crippen LogP contribution is -2.36. The molecule has 3 aromatic rings. The number of carbonyl (C=O) groups excluding carboxylic acids is 2. The fourth-order valence-corrected chi connectivity index (χ4v) is 3.59. The lowest BCUT2D eigenvalue weighted by molar-refractivity contribution is -0.704. The van der Waals surface area contributed by atoms with Crippen molar-refractivity contribution in [1.29, 1.82) is 0 Å². The van der Waals surface area contributed by atoms with Crippen molar-refractivity contribution in [2.24, 2.45) is 0 Å². The van der Waals surface area contributed by atoms with Gasteiger partial charge in [0.1, 0.15) is 0 Å². The lowest BCUT2D eigenvalue weighted by atomic mass is 10.2. The number of ether oxygens (including phenoxy) is 1. The van der Waals surface area contributed by atoms with Crippen LogP contribution in [0.15, 0.2) is 68.9 Å². The summed E-state index contributed by atoms with van der Waals surface area (Å²) in [5.41, 5.74) is 1.29. The summed E-state index contributed by atoms with van der Waals surface area (Å²) in [6, 6.07) is 15.8. The second-order valence-electron chi connectivity index (χ2n) is 6.67. The number of unbranched alkanes of at least 4 members (excludes halogenated alkanes) is 1. The van der Waals surface area contributed by atoms with E-state index in [0.29, 0.717) is 28.6 Å². The highest BCUT2D eigenvalue weighted by Crippen LogP contribution is 2.15. The monoisotopic (exact) mass is 442 g/mol. The molecule has 0 aliphatic rings. The molecule has 0 spiro atoms. The summed E-state index contributed by atoms with van der Waals surface area (Å²) in [4.78, 5) is 36.1. The molecule has 162 valence electrons. The zero-order chi connectivity index (χ0) is 22.1. The van der Waals surface area contributed by atoms with E-state index in [1.807, 2.05) is 37.3 Å². The number of esters is 1. The highest BCUT2D eigenvalue weighted by molar-refractivity contribution is 7.99. The first-order valence-corrected chi connectivity index (χ1v) is 11.0. The molecule has 2 aromatic carbocycles. The van der Waals surface area contributed by atoms with Gasteiger partial charge >= 0.3 is 16.6 Å². The van der Waals surface area contributed by atoms with Crippen LogP contribution in [0.1, 0.15) is 36.5 Å². The van der Waals surface area contributed by atoms with Crippen LogP contribution in [-0.2, 0) is 9.53 Å². The number of amides is 1. The van der Waals surface area contributed by atoms with E-state index < -0.39 is 5.63 Å². The van der Waals surface area contributed by atoms with Crippen molar-refractivity contribution < 1.29 is 23.5 Å². The third-order valence-electron chi connectivity index (χ3n) is 4.33. The number of aromatic amines is 1. The average Bonchev–Trinajstić information content (AvgIpc) is 3.15. The lowest BCUT2D eigenvalue weighted by Gasteiger charge is -2.07. The molecule has 0 atom stereocenters. The van der Waals surface area contributed by atoms with Gasteiger partial charge in [0.2, 0.25) is 11.6 Å². The number of nitrogens with zero attached hydrogens (tertiary/aromatic N) is 1. The molecule has 0 bridgehead atoms. The predicted octanol–water partition coefficient (Wildman–Crippen LogP) is 3.32. The van der Waals surface area contributed by atoms with Crippen LogP contribution in [-0.4, -0.2) is 29.5 Å². The number of carbonyl (C=O) groups is 2. The molecule has 2 N–H and O–H groups in total. The van der Waals surface area contributed by atoms with Crippen molar-refractivity contribution >= 4 is 29.3 Å². The standard InChI is InChI=1S/C22H23N3O5S/c1-2-3-14-29-21(27)16-9-11-17(12-10-16)23-19(26)13-15-31-20-22(28)30-24-25(20)18-7-5-4-6-8-18/h4-12H,2-3,13-15H2,1H3,(H-,23,24,26,27,28)/p+1. The van der Waals surface area contributed by atoms with Gasteiger partial charge in [-0.25, -0.2) is 9.59 Å². The van der Waals surface area contributed by atoms with Crippen LogP contribution in [0.3, 0.4) is 0 Å². The van der Waals surface area contributed by atoms with Crippen molar-refractivity contribution in [1.82, 2.24) is 5.27 Å². The molecule has 0 fully saturated rings. The molecular formula is C22H24N3O5S+. The van der Waals surface area contributed by atoms with Gasteiger partial charge in [0.15, 0.2) is 0 Å². The van der Waals surface area contributed by atoms with E-state index >= 15 is 0 Å². The van der Waals surface area contributed by atoms with Crippen LogP contribution in [0.2, 0.25) is 0 Å². The number of aromatic nitrogens is 2. The van der Waals surface area contributed by atoms with Gasteiger partial charge < -0.3 is 10.1 Å². The Hall–Kier alpha value is -3.33. The predicted molar refractivity (Wildman–Crippen MR) is 116 cm³/mol. The normalized spacial score (nSPS) is 10.6. The van der Waals surface area contributed by atoms with E-state index in [4.69, 9.17) is 9.26 Å². The van der Waals surface area contributed by atoms with Crippen molar-refractivity contribution in [2.75, 3.05) is 17.7 Å². The molecule has 8 nitrogen and oxygen atoms in total. The zero-order valence-electron chi connectivity index (χ0n) is 17.1. The van der Waals surface area contributed by atoms with Crippen LogP contribution in [0.4, 0.5) is 5.69 Å². The molecule has 31 heavy (non-hydrogen) atoms. The number of anilines is 1. The number of hydrogen-bond acceptors (Lipinski definition) is 6. The van der Waals surface area contributed by atoms with Gasteiger partial charge in [0.25, 0.3) is 0 Å². The number of nitrogens with one attached hydrogen (secondary N) is 2. The maximum atomic E-state index is 12.2. The molecule has 1 aromatic heterocycles. The van der Waals surface area contributed by atoms with Gasteiger partial charge in [-0.15, -0.1) is 0 Å². The van der Waals surface area contributed by atoms with Gasteiger partial charge in [0.05, 0.1) is 12.2 Å². The van der Waals surface area contributed by atoms with E-state index in [-0.39, 0.29) is 18.3 Å². The fourth-order valence-electron chi connectivity index (χ4n) is 2.68. The van der Waals surface area contributed by atoms with Gasteiger partial charge in [0, 0.05) is 30.0 Å². The minimum atomic E-state index is -0.490. The summed E-state index contributed by atoms with van der Waals surface area (Å²) < 4.78 is 11.6. The van der Waals surface area contributed by atoms with Crippen molar-refractivity contribution in [3.05, 3.63) is 70.6 Å². The summed E-state index contributed by atoms with van der Waals surface area (Å²) in [5.74, 6) is -0.180. The summed E-state index contributed by atoms with van der Waals surface area (Å²) in [6.45, 7) is 2.42. The number of para-hydroxylation sites is 1. The highest BCUT2D eigenvalue weighted by atomic mass is 32.2. The molecule has 0 aliphatic carbocycles. The minimum Gasteiger partial charge on any atom is -0.462 e. The zero-order valence-corrected chi connectivity index (χ0v) is 17.9. The third-order valence-corrected chi connectivity index (χ3v) is 5.36. The Balaban J connectivity index is 1.50. The number of thioether (sulfide) groups is 1. The Labute approximate surface area is 183 Å². The quantitative estimate of drug-likeness (QED) is 0.216. The Kier molecular flexibility index (Phi) is 8.05. The number of benzene rings is 2.